The third kappa shape index (κ3) is 3.85. The molecule has 7 heteroatoms. The summed E-state index contributed by atoms with van der Waals surface area (Å²) >= 11 is 5.93. The molecule has 25 heavy (non-hydrogen) atoms. The molecule has 0 aliphatic rings. The van der Waals surface area contributed by atoms with Gasteiger partial charge in [-0.25, -0.2) is 0 Å². The third-order valence-electron chi connectivity index (χ3n) is 3.60. The summed E-state index contributed by atoms with van der Waals surface area (Å²) in [5.74, 6) is -0.183. The van der Waals surface area contributed by atoms with Gasteiger partial charge in [-0.3, -0.25) is 5.41 Å². The van der Waals surface area contributed by atoms with Crippen molar-refractivity contribution in [1.29, 1.82) is 5.41 Å². The molecule has 0 unspecified atom stereocenters. The molecule has 0 atom stereocenters. The Kier molecular flexibility index (Phi) is 4.55. The van der Waals surface area contributed by atoms with Gasteiger partial charge < -0.3 is 10.6 Å². The Morgan fingerprint density at radius 3 is 2.32 bits per heavy atom. The van der Waals surface area contributed by atoms with Crippen molar-refractivity contribution in [2.45, 2.75) is 6.18 Å². The van der Waals surface area contributed by atoms with E-state index in [4.69, 9.17) is 17.0 Å². The highest BCUT2D eigenvalue weighted by Crippen LogP contribution is 2.34. The van der Waals surface area contributed by atoms with Crippen LogP contribution in [0.2, 0.25) is 5.02 Å². The van der Waals surface area contributed by atoms with E-state index < -0.39 is 11.7 Å². The lowest BCUT2D eigenvalue weighted by Gasteiger charge is -2.15. The van der Waals surface area contributed by atoms with E-state index in [0.29, 0.717) is 5.69 Å². The van der Waals surface area contributed by atoms with Crippen LogP contribution < -0.4 is 10.6 Å². The maximum Gasteiger partial charge on any atom is 0.416 e. The molecule has 0 radical (unpaired) electrons. The highest BCUT2D eigenvalue weighted by Gasteiger charge is 2.31. The summed E-state index contributed by atoms with van der Waals surface area (Å²) in [6.45, 7) is 0. The molecule has 3 rings (SSSR count). The normalized spacial score (nSPS) is 11.4. The SMILES string of the molecule is N=C(Nc1cc(C(F)(F)F)ccc1Cl)Nc1cccc2ccccc12. The molecule has 0 aliphatic carbocycles. The summed E-state index contributed by atoms with van der Waals surface area (Å²) in [6, 6.07) is 16.1. The molecular formula is C18H13ClF3N3. The third-order valence-corrected chi connectivity index (χ3v) is 3.93. The van der Waals surface area contributed by atoms with E-state index in [1.807, 2.05) is 36.4 Å². The molecule has 0 fully saturated rings. The molecule has 0 saturated heterocycles. The molecule has 0 amide bonds. The number of nitrogens with one attached hydrogen (secondary N) is 3. The van der Waals surface area contributed by atoms with Gasteiger partial charge in [0.05, 0.1) is 16.3 Å². The first kappa shape index (κ1) is 17.1. The van der Waals surface area contributed by atoms with Crippen molar-refractivity contribution in [3.05, 3.63) is 71.2 Å². The molecule has 3 N–H and O–H groups in total. The van der Waals surface area contributed by atoms with Crippen LogP contribution in [0, 0.1) is 5.41 Å². The number of hydrogen-bond donors (Lipinski definition) is 3. The number of hydrogen-bond acceptors (Lipinski definition) is 1. The van der Waals surface area contributed by atoms with Crippen molar-refractivity contribution in [3.8, 4) is 0 Å². The number of anilines is 2. The van der Waals surface area contributed by atoms with Gasteiger partial charge >= 0.3 is 6.18 Å². The summed E-state index contributed by atoms with van der Waals surface area (Å²) in [7, 11) is 0. The van der Waals surface area contributed by atoms with Crippen molar-refractivity contribution in [2.24, 2.45) is 0 Å². The van der Waals surface area contributed by atoms with Gasteiger partial charge in [-0.05, 0) is 29.7 Å². The first-order chi connectivity index (χ1) is 11.8. The van der Waals surface area contributed by atoms with E-state index in [-0.39, 0.29) is 16.7 Å². The maximum atomic E-state index is 12.8. The Morgan fingerprint density at radius 1 is 0.880 bits per heavy atom. The molecule has 0 spiro atoms. The molecule has 3 aromatic rings. The van der Waals surface area contributed by atoms with E-state index >= 15 is 0 Å². The van der Waals surface area contributed by atoms with Gasteiger partial charge in [-0.1, -0.05) is 48.0 Å². The average molecular weight is 364 g/mol. The Hall–Kier alpha value is -2.73. The summed E-state index contributed by atoms with van der Waals surface area (Å²) in [5, 5.41) is 15.4. The van der Waals surface area contributed by atoms with E-state index in [9.17, 15) is 13.2 Å². The predicted octanol–water partition coefficient (Wildman–Crippen LogP) is 5.97. The topological polar surface area (TPSA) is 47.9 Å². The average Bonchev–Trinajstić information content (AvgIpc) is 2.56. The number of guanidine groups is 1. The Labute approximate surface area is 146 Å². The van der Waals surface area contributed by atoms with E-state index in [1.165, 1.54) is 0 Å². The Morgan fingerprint density at radius 2 is 1.56 bits per heavy atom. The van der Waals surface area contributed by atoms with Crippen LogP contribution in [0.3, 0.4) is 0 Å². The van der Waals surface area contributed by atoms with Gasteiger partial charge in [-0.2, -0.15) is 13.2 Å². The second-order valence-electron chi connectivity index (χ2n) is 5.34. The van der Waals surface area contributed by atoms with Crippen LogP contribution in [-0.4, -0.2) is 5.96 Å². The van der Waals surface area contributed by atoms with E-state index in [0.717, 1.165) is 29.0 Å². The molecule has 0 saturated carbocycles. The second kappa shape index (κ2) is 6.64. The van der Waals surface area contributed by atoms with Crippen LogP contribution in [0.4, 0.5) is 24.5 Å². The zero-order chi connectivity index (χ0) is 18.0. The van der Waals surface area contributed by atoms with Gasteiger partial charge in [0.2, 0.25) is 0 Å². The number of benzene rings is 3. The predicted molar refractivity (Wildman–Crippen MR) is 95.4 cm³/mol. The van der Waals surface area contributed by atoms with Crippen LogP contribution in [0.1, 0.15) is 5.56 Å². The maximum absolute atomic E-state index is 12.8. The minimum Gasteiger partial charge on any atom is -0.326 e. The summed E-state index contributed by atoms with van der Waals surface area (Å²) in [5.41, 5.74) is -0.162. The van der Waals surface area contributed by atoms with Crippen LogP contribution in [-0.2, 0) is 6.18 Å². The molecule has 0 aromatic heterocycles. The van der Waals surface area contributed by atoms with Crippen molar-refractivity contribution in [1.82, 2.24) is 0 Å². The van der Waals surface area contributed by atoms with Crippen molar-refractivity contribution in [3.63, 3.8) is 0 Å². The summed E-state index contributed by atoms with van der Waals surface area (Å²) < 4.78 is 38.5. The summed E-state index contributed by atoms with van der Waals surface area (Å²) in [6.07, 6.45) is -4.48. The lowest BCUT2D eigenvalue weighted by Crippen LogP contribution is -2.21. The lowest BCUT2D eigenvalue weighted by atomic mass is 10.1. The number of rotatable bonds is 2. The standard InChI is InChI=1S/C18H13ClF3N3/c19-14-9-8-12(18(20,21)22)10-16(14)25-17(23)24-15-7-3-5-11-4-1-2-6-13(11)15/h1-10H,(H3,23,24,25). The smallest absolute Gasteiger partial charge is 0.326 e. The minimum atomic E-state index is -4.48. The molecular weight excluding hydrogens is 351 g/mol. The van der Waals surface area contributed by atoms with Crippen molar-refractivity contribution < 1.29 is 13.2 Å². The van der Waals surface area contributed by atoms with Crippen LogP contribution in [0.25, 0.3) is 10.8 Å². The zero-order valence-corrected chi connectivity index (χ0v) is 13.5. The fourth-order valence-corrected chi connectivity index (χ4v) is 2.60. The fraction of sp³-hybridized carbons (Fsp3) is 0.0556. The van der Waals surface area contributed by atoms with Crippen molar-refractivity contribution in [2.75, 3.05) is 10.6 Å². The van der Waals surface area contributed by atoms with Gasteiger partial charge in [0.15, 0.2) is 5.96 Å². The fourth-order valence-electron chi connectivity index (χ4n) is 2.43. The quantitative estimate of drug-likeness (QED) is 0.388. The molecule has 0 bridgehead atoms. The number of fused-ring (bicyclic) bond motifs is 1. The van der Waals surface area contributed by atoms with Gasteiger partial charge in [0.25, 0.3) is 0 Å². The molecule has 0 aliphatic heterocycles. The summed E-state index contributed by atoms with van der Waals surface area (Å²) in [4.78, 5) is 0. The van der Waals surface area contributed by atoms with Gasteiger partial charge in [-0.15, -0.1) is 0 Å². The monoisotopic (exact) mass is 363 g/mol. The minimum absolute atomic E-state index is 0.00854. The van der Waals surface area contributed by atoms with Gasteiger partial charge in [0.1, 0.15) is 0 Å². The first-order valence-electron chi connectivity index (χ1n) is 7.32. The molecule has 0 heterocycles. The molecule has 3 nitrogen and oxygen atoms in total. The Bertz CT molecular complexity index is 933. The Balaban J connectivity index is 1.83. The lowest BCUT2D eigenvalue weighted by molar-refractivity contribution is -0.137. The first-order valence-corrected chi connectivity index (χ1v) is 7.69. The zero-order valence-electron chi connectivity index (χ0n) is 12.8. The van der Waals surface area contributed by atoms with Gasteiger partial charge in [0, 0.05) is 11.1 Å². The molecule has 3 aromatic carbocycles. The largest absolute Gasteiger partial charge is 0.416 e. The highest BCUT2D eigenvalue weighted by atomic mass is 35.5. The van der Waals surface area contributed by atoms with Crippen LogP contribution in [0.15, 0.2) is 60.7 Å². The number of alkyl halides is 3. The van der Waals surface area contributed by atoms with E-state index in [1.54, 1.807) is 6.07 Å². The van der Waals surface area contributed by atoms with E-state index in [2.05, 4.69) is 10.6 Å². The second-order valence-corrected chi connectivity index (χ2v) is 5.75. The van der Waals surface area contributed by atoms with Crippen molar-refractivity contribution >= 4 is 39.7 Å². The highest BCUT2D eigenvalue weighted by molar-refractivity contribution is 6.33. The number of halogens is 4. The molecule has 128 valence electrons. The van der Waals surface area contributed by atoms with Crippen LogP contribution >= 0.6 is 11.6 Å². The van der Waals surface area contributed by atoms with Crippen LogP contribution in [0.5, 0.6) is 0 Å².